The maximum atomic E-state index is 11.5. The Balaban J connectivity index is 2.65. The summed E-state index contributed by atoms with van der Waals surface area (Å²) in [7, 11) is 0. The summed E-state index contributed by atoms with van der Waals surface area (Å²) in [6.07, 6.45) is 7.21. The van der Waals surface area contributed by atoms with Crippen molar-refractivity contribution in [3.8, 4) is 0 Å². The van der Waals surface area contributed by atoms with Gasteiger partial charge in [0, 0.05) is 24.5 Å². The summed E-state index contributed by atoms with van der Waals surface area (Å²) in [6.45, 7) is 11.1. The Morgan fingerprint density at radius 1 is 1.12 bits per heavy atom. The van der Waals surface area contributed by atoms with Gasteiger partial charge in [-0.15, -0.1) is 0 Å². The van der Waals surface area contributed by atoms with Crippen LogP contribution in [-0.4, -0.2) is 30.3 Å². The van der Waals surface area contributed by atoms with E-state index in [-0.39, 0.29) is 5.41 Å². The zero-order valence-electron chi connectivity index (χ0n) is 12.0. The van der Waals surface area contributed by atoms with Crippen LogP contribution in [0.25, 0.3) is 0 Å². The van der Waals surface area contributed by atoms with Crippen molar-refractivity contribution in [2.75, 3.05) is 13.1 Å². The lowest BCUT2D eigenvalue weighted by Crippen LogP contribution is -2.44. The van der Waals surface area contributed by atoms with E-state index in [4.69, 9.17) is 0 Å². The fourth-order valence-corrected chi connectivity index (χ4v) is 2.90. The molecule has 100 valence electrons. The summed E-state index contributed by atoms with van der Waals surface area (Å²) in [5, 5.41) is 0. The molecule has 0 aliphatic heterocycles. The van der Waals surface area contributed by atoms with Crippen LogP contribution in [0, 0.1) is 11.3 Å². The SMILES string of the molecule is CC(C)CN(CC1(C=O)CCCCC1)C(C)C. The van der Waals surface area contributed by atoms with E-state index in [0.717, 1.165) is 25.9 Å². The lowest BCUT2D eigenvalue weighted by Gasteiger charge is -2.39. The first-order valence-corrected chi connectivity index (χ1v) is 7.19. The first-order chi connectivity index (χ1) is 7.99. The van der Waals surface area contributed by atoms with Crippen molar-refractivity contribution >= 4 is 6.29 Å². The number of rotatable bonds is 6. The largest absolute Gasteiger partial charge is 0.303 e. The number of aldehydes is 1. The number of nitrogens with zero attached hydrogens (tertiary/aromatic N) is 1. The van der Waals surface area contributed by atoms with Crippen molar-refractivity contribution < 1.29 is 4.79 Å². The van der Waals surface area contributed by atoms with Crippen molar-refractivity contribution in [3.05, 3.63) is 0 Å². The molecule has 1 rings (SSSR count). The number of hydrogen-bond acceptors (Lipinski definition) is 2. The smallest absolute Gasteiger partial charge is 0.127 e. The van der Waals surface area contributed by atoms with Gasteiger partial charge in [0.15, 0.2) is 0 Å². The summed E-state index contributed by atoms with van der Waals surface area (Å²) in [4.78, 5) is 14.0. The van der Waals surface area contributed by atoms with Crippen LogP contribution in [0.2, 0.25) is 0 Å². The predicted molar refractivity (Wildman–Crippen MR) is 73.1 cm³/mol. The molecule has 0 atom stereocenters. The highest BCUT2D eigenvalue weighted by Crippen LogP contribution is 2.35. The minimum atomic E-state index is -0.0442. The van der Waals surface area contributed by atoms with Crippen LogP contribution >= 0.6 is 0 Å². The first-order valence-electron chi connectivity index (χ1n) is 7.19. The van der Waals surface area contributed by atoms with Crippen LogP contribution in [-0.2, 0) is 4.79 Å². The summed E-state index contributed by atoms with van der Waals surface area (Å²) < 4.78 is 0. The van der Waals surface area contributed by atoms with Gasteiger partial charge in [0.1, 0.15) is 6.29 Å². The highest BCUT2D eigenvalue weighted by Gasteiger charge is 2.34. The lowest BCUT2D eigenvalue weighted by molar-refractivity contribution is -0.119. The first kappa shape index (κ1) is 14.7. The van der Waals surface area contributed by atoms with E-state index in [1.165, 1.54) is 25.5 Å². The van der Waals surface area contributed by atoms with Gasteiger partial charge in [0.25, 0.3) is 0 Å². The molecule has 0 unspecified atom stereocenters. The van der Waals surface area contributed by atoms with Crippen molar-refractivity contribution in [3.63, 3.8) is 0 Å². The molecule has 2 heteroatoms. The van der Waals surface area contributed by atoms with E-state index < -0.39 is 0 Å². The number of carbonyl (C=O) groups is 1. The summed E-state index contributed by atoms with van der Waals surface area (Å²) in [5.41, 5.74) is -0.0442. The molecule has 1 fully saturated rings. The molecule has 17 heavy (non-hydrogen) atoms. The normalized spacial score (nSPS) is 20.2. The fourth-order valence-electron chi connectivity index (χ4n) is 2.90. The van der Waals surface area contributed by atoms with E-state index in [1.807, 2.05) is 0 Å². The molecular weight excluding hydrogens is 210 g/mol. The molecule has 1 aliphatic rings. The van der Waals surface area contributed by atoms with E-state index in [0.29, 0.717) is 12.0 Å². The summed E-state index contributed by atoms with van der Waals surface area (Å²) in [5.74, 6) is 0.671. The molecule has 0 radical (unpaired) electrons. The second-order valence-electron chi connectivity index (χ2n) is 6.46. The highest BCUT2D eigenvalue weighted by atomic mass is 16.1. The predicted octanol–water partition coefficient (Wildman–Crippen LogP) is 3.50. The van der Waals surface area contributed by atoms with Crippen molar-refractivity contribution in [1.29, 1.82) is 0 Å². The van der Waals surface area contributed by atoms with Gasteiger partial charge >= 0.3 is 0 Å². The van der Waals surface area contributed by atoms with Gasteiger partial charge in [-0.2, -0.15) is 0 Å². The summed E-state index contributed by atoms with van der Waals surface area (Å²) in [6, 6.07) is 0.538. The van der Waals surface area contributed by atoms with E-state index in [1.54, 1.807) is 0 Å². The van der Waals surface area contributed by atoms with Crippen LogP contribution < -0.4 is 0 Å². The highest BCUT2D eigenvalue weighted by molar-refractivity contribution is 5.60. The molecule has 0 aromatic carbocycles. The molecular formula is C15H29NO. The average Bonchev–Trinajstić information content (AvgIpc) is 2.29. The van der Waals surface area contributed by atoms with Gasteiger partial charge in [0.05, 0.1) is 0 Å². The van der Waals surface area contributed by atoms with Gasteiger partial charge in [-0.1, -0.05) is 33.1 Å². The van der Waals surface area contributed by atoms with Crippen LogP contribution in [0.4, 0.5) is 0 Å². The van der Waals surface area contributed by atoms with Gasteiger partial charge in [-0.05, 0) is 32.6 Å². The van der Waals surface area contributed by atoms with Crippen molar-refractivity contribution in [1.82, 2.24) is 4.90 Å². The Labute approximate surface area is 107 Å². The van der Waals surface area contributed by atoms with E-state index >= 15 is 0 Å². The van der Waals surface area contributed by atoms with Crippen LogP contribution in [0.3, 0.4) is 0 Å². The number of carbonyl (C=O) groups excluding carboxylic acids is 1. The third-order valence-electron chi connectivity index (χ3n) is 3.95. The molecule has 0 aromatic heterocycles. The molecule has 0 spiro atoms. The van der Waals surface area contributed by atoms with E-state index in [9.17, 15) is 4.79 Å². The van der Waals surface area contributed by atoms with E-state index in [2.05, 4.69) is 32.6 Å². The van der Waals surface area contributed by atoms with Gasteiger partial charge < -0.3 is 4.79 Å². The molecule has 0 heterocycles. The van der Waals surface area contributed by atoms with Crippen LogP contribution in [0.15, 0.2) is 0 Å². The van der Waals surface area contributed by atoms with Crippen LogP contribution in [0.1, 0.15) is 59.8 Å². The molecule has 0 bridgehead atoms. The fraction of sp³-hybridized carbons (Fsp3) is 0.933. The maximum Gasteiger partial charge on any atom is 0.127 e. The van der Waals surface area contributed by atoms with Crippen molar-refractivity contribution in [2.24, 2.45) is 11.3 Å². The Kier molecular flexibility index (Phi) is 5.64. The Morgan fingerprint density at radius 3 is 2.12 bits per heavy atom. The van der Waals surface area contributed by atoms with Gasteiger partial charge in [-0.25, -0.2) is 0 Å². The molecule has 2 nitrogen and oxygen atoms in total. The van der Waals surface area contributed by atoms with Crippen LogP contribution in [0.5, 0.6) is 0 Å². The van der Waals surface area contributed by atoms with Gasteiger partial charge in [0.2, 0.25) is 0 Å². The monoisotopic (exact) mass is 239 g/mol. The van der Waals surface area contributed by atoms with Gasteiger partial charge in [-0.3, -0.25) is 4.90 Å². The lowest BCUT2D eigenvalue weighted by atomic mass is 9.74. The van der Waals surface area contributed by atoms with Crippen molar-refractivity contribution in [2.45, 2.75) is 65.8 Å². The quantitative estimate of drug-likeness (QED) is 0.661. The molecule has 0 aromatic rings. The topological polar surface area (TPSA) is 20.3 Å². The third-order valence-corrected chi connectivity index (χ3v) is 3.95. The molecule has 0 saturated heterocycles. The molecule has 0 N–H and O–H groups in total. The molecule has 0 amide bonds. The minimum Gasteiger partial charge on any atom is -0.303 e. The Hall–Kier alpha value is -0.370. The second kappa shape index (κ2) is 6.53. The zero-order chi connectivity index (χ0) is 12.9. The summed E-state index contributed by atoms with van der Waals surface area (Å²) >= 11 is 0. The minimum absolute atomic E-state index is 0.0442. The molecule has 1 aliphatic carbocycles. The standard InChI is InChI=1S/C15H29NO/c1-13(2)10-16(14(3)4)11-15(12-17)8-6-5-7-9-15/h12-14H,5-11H2,1-4H3. The zero-order valence-corrected chi connectivity index (χ0v) is 12.0. The average molecular weight is 239 g/mol. The number of hydrogen-bond donors (Lipinski definition) is 0. The maximum absolute atomic E-state index is 11.5. The second-order valence-corrected chi connectivity index (χ2v) is 6.46. The third kappa shape index (κ3) is 4.42. The Morgan fingerprint density at radius 2 is 1.71 bits per heavy atom. The Bertz CT molecular complexity index is 229. The molecule has 1 saturated carbocycles.